The largest absolute Gasteiger partial charge is 0.480 e. The van der Waals surface area contributed by atoms with Crippen LogP contribution in [0.25, 0.3) is 0 Å². The van der Waals surface area contributed by atoms with E-state index in [1.54, 1.807) is 0 Å². The Kier molecular flexibility index (Phi) is 2.84. The summed E-state index contributed by atoms with van der Waals surface area (Å²) < 4.78 is 0. The van der Waals surface area contributed by atoms with E-state index in [1.165, 1.54) is 0 Å². The Balaban J connectivity index is 2.71. The second-order valence-corrected chi connectivity index (χ2v) is 2.89. The molecule has 0 fully saturated rings. The first-order chi connectivity index (χ1) is 6.08. The standard InChI is InChI=1S/C9H12N2O2/c1-6-3-8(4-7(2)11-6)10-5-9(12)13/h3-4H,5H2,1-2H3,(H,10,11)(H,12,13). The normalized spacial score (nSPS) is 9.69. The van der Waals surface area contributed by atoms with Crippen LogP contribution in [0.2, 0.25) is 0 Å². The first-order valence-corrected chi connectivity index (χ1v) is 3.99. The van der Waals surface area contributed by atoms with Crippen molar-refractivity contribution in [3.05, 3.63) is 23.5 Å². The summed E-state index contributed by atoms with van der Waals surface area (Å²) in [4.78, 5) is 14.4. The summed E-state index contributed by atoms with van der Waals surface area (Å²) in [7, 11) is 0. The minimum atomic E-state index is -0.868. The third-order valence-corrected chi connectivity index (χ3v) is 1.53. The van der Waals surface area contributed by atoms with Gasteiger partial charge in [0.1, 0.15) is 6.54 Å². The predicted octanol–water partition coefficient (Wildman–Crippen LogP) is 1.19. The number of hydrogen-bond donors (Lipinski definition) is 2. The van der Waals surface area contributed by atoms with Crippen LogP contribution in [0.5, 0.6) is 0 Å². The van der Waals surface area contributed by atoms with Gasteiger partial charge < -0.3 is 10.4 Å². The number of anilines is 1. The topological polar surface area (TPSA) is 62.2 Å². The smallest absolute Gasteiger partial charge is 0.322 e. The second-order valence-electron chi connectivity index (χ2n) is 2.89. The van der Waals surface area contributed by atoms with Gasteiger partial charge >= 0.3 is 5.97 Å². The Labute approximate surface area is 76.6 Å². The van der Waals surface area contributed by atoms with Gasteiger partial charge in [-0.15, -0.1) is 0 Å². The lowest BCUT2D eigenvalue weighted by Crippen LogP contribution is -2.12. The molecule has 1 aromatic rings. The molecule has 0 aliphatic carbocycles. The molecule has 4 nitrogen and oxygen atoms in total. The van der Waals surface area contributed by atoms with E-state index in [-0.39, 0.29) is 6.54 Å². The summed E-state index contributed by atoms with van der Waals surface area (Å²) in [5, 5.41) is 11.2. The summed E-state index contributed by atoms with van der Waals surface area (Å²) in [6.45, 7) is 3.68. The van der Waals surface area contributed by atoms with Crippen LogP contribution in [0.15, 0.2) is 12.1 Å². The van der Waals surface area contributed by atoms with Crippen molar-refractivity contribution in [1.82, 2.24) is 4.98 Å². The average molecular weight is 180 g/mol. The highest BCUT2D eigenvalue weighted by Gasteiger charge is 1.98. The van der Waals surface area contributed by atoms with Crippen molar-refractivity contribution in [1.29, 1.82) is 0 Å². The molecule has 0 aliphatic heterocycles. The molecule has 0 unspecified atom stereocenters. The molecule has 1 heterocycles. The van der Waals surface area contributed by atoms with Crippen LogP contribution < -0.4 is 5.32 Å². The minimum absolute atomic E-state index is 0.0666. The number of aryl methyl sites for hydroxylation is 2. The Morgan fingerprint density at radius 3 is 2.46 bits per heavy atom. The maximum absolute atomic E-state index is 10.3. The van der Waals surface area contributed by atoms with Crippen molar-refractivity contribution in [3.63, 3.8) is 0 Å². The van der Waals surface area contributed by atoms with Crippen LogP contribution in [0.3, 0.4) is 0 Å². The number of hydrogen-bond acceptors (Lipinski definition) is 3. The number of carboxylic acid groups (broad SMARTS) is 1. The quantitative estimate of drug-likeness (QED) is 0.733. The van der Waals surface area contributed by atoms with E-state index >= 15 is 0 Å². The fourth-order valence-corrected chi connectivity index (χ4v) is 1.11. The van der Waals surface area contributed by atoms with Gasteiger partial charge in [-0.1, -0.05) is 0 Å². The summed E-state index contributed by atoms with van der Waals surface area (Å²) in [5.41, 5.74) is 2.56. The van der Waals surface area contributed by atoms with Gasteiger partial charge in [0.15, 0.2) is 0 Å². The maximum atomic E-state index is 10.3. The van der Waals surface area contributed by atoms with E-state index in [1.807, 2.05) is 26.0 Å². The number of aliphatic carboxylic acids is 1. The van der Waals surface area contributed by atoms with Crippen molar-refractivity contribution >= 4 is 11.7 Å². The SMILES string of the molecule is Cc1cc(NCC(=O)O)cc(C)n1. The lowest BCUT2D eigenvalue weighted by Gasteiger charge is -2.04. The van der Waals surface area contributed by atoms with E-state index in [4.69, 9.17) is 5.11 Å². The van der Waals surface area contributed by atoms with Crippen molar-refractivity contribution < 1.29 is 9.90 Å². The summed E-state index contributed by atoms with van der Waals surface area (Å²) in [6, 6.07) is 3.63. The molecule has 0 saturated heterocycles. The highest BCUT2D eigenvalue weighted by molar-refractivity contribution is 5.72. The van der Waals surface area contributed by atoms with E-state index in [0.717, 1.165) is 17.1 Å². The van der Waals surface area contributed by atoms with Gasteiger partial charge in [0.05, 0.1) is 0 Å². The van der Waals surface area contributed by atoms with Crippen molar-refractivity contribution in [3.8, 4) is 0 Å². The molecule has 2 N–H and O–H groups in total. The summed E-state index contributed by atoms with van der Waals surface area (Å²) >= 11 is 0. The van der Waals surface area contributed by atoms with Gasteiger partial charge in [-0.3, -0.25) is 9.78 Å². The molecule has 0 saturated carbocycles. The first kappa shape index (κ1) is 9.51. The molecule has 70 valence electrons. The molecule has 13 heavy (non-hydrogen) atoms. The van der Waals surface area contributed by atoms with E-state index < -0.39 is 5.97 Å². The van der Waals surface area contributed by atoms with Crippen LogP contribution in [-0.2, 0) is 4.79 Å². The number of aromatic nitrogens is 1. The van der Waals surface area contributed by atoms with E-state index in [9.17, 15) is 4.79 Å². The maximum Gasteiger partial charge on any atom is 0.322 e. The van der Waals surface area contributed by atoms with Crippen LogP contribution in [-0.4, -0.2) is 22.6 Å². The number of carboxylic acids is 1. The molecular formula is C9H12N2O2. The Hall–Kier alpha value is -1.58. The molecule has 0 radical (unpaired) electrons. The summed E-state index contributed by atoms with van der Waals surface area (Å²) in [5.74, 6) is -0.868. The Morgan fingerprint density at radius 2 is 2.00 bits per heavy atom. The number of pyridine rings is 1. The van der Waals surface area contributed by atoms with Crippen molar-refractivity contribution in [2.24, 2.45) is 0 Å². The Morgan fingerprint density at radius 1 is 1.46 bits per heavy atom. The number of nitrogens with one attached hydrogen (secondary N) is 1. The number of carbonyl (C=O) groups is 1. The molecule has 1 rings (SSSR count). The Bertz CT molecular complexity index is 303. The van der Waals surface area contributed by atoms with Crippen LogP contribution in [0, 0.1) is 13.8 Å². The molecular weight excluding hydrogens is 168 g/mol. The van der Waals surface area contributed by atoms with Crippen LogP contribution >= 0.6 is 0 Å². The summed E-state index contributed by atoms with van der Waals surface area (Å²) in [6.07, 6.45) is 0. The van der Waals surface area contributed by atoms with Crippen LogP contribution in [0.1, 0.15) is 11.4 Å². The first-order valence-electron chi connectivity index (χ1n) is 3.99. The van der Waals surface area contributed by atoms with E-state index in [2.05, 4.69) is 10.3 Å². The number of rotatable bonds is 3. The van der Waals surface area contributed by atoms with Gasteiger partial charge in [0.25, 0.3) is 0 Å². The van der Waals surface area contributed by atoms with Gasteiger partial charge in [-0.05, 0) is 26.0 Å². The molecule has 0 atom stereocenters. The molecule has 0 aliphatic rings. The van der Waals surface area contributed by atoms with Gasteiger partial charge in [-0.2, -0.15) is 0 Å². The van der Waals surface area contributed by atoms with Crippen LogP contribution in [0.4, 0.5) is 5.69 Å². The van der Waals surface area contributed by atoms with Crippen molar-refractivity contribution in [2.45, 2.75) is 13.8 Å². The molecule has 1 aromatic heterocycles. The zero-order valence-electron chi connectivity index (χ0n) is 7.66. The highest BCUT2D eigenvalue weighted by Crippen LogP contribution is 2.09. The van der Waals surface area contributed by atoms with Crippen molar-refractivity contribution in [2.75, 3.05) is 11.9 Å². The number of nitrogens with zero attached hydrogens (tertiary/aromatic N) is 1. The zero-order valence-corrected chi connectivity index (χ0v) is 7.66. The fraction of sp³-hybridized carbons (Fsp3) is 0.333. The molecule has 4 heteroatoms. The lowest BCUT2D eigenvalue weighted by atomic mass is 10.3. The highest BCUT2D eigenvalue weighted by atomic mass is 16.4. The third-order valence-electron chi connectivity index (χ3n) is 1.53. The van der Waals surface area contributed by atoms with E-state index in [0.29, 0.717) is 0 Å². The fourth-order valence-electron chi connectivity index (χ4n) is 1.11. The predicted molar refractivity (Wildman–Crippen MR) is 49.8 cm³/mol. The average Bonchev–Trinajstić information content (AvgIpc) is 1.99. The molecule has 0 bridgehead atoms. The monoisotopic (exact) mass is 180 g/mol. The zero-order chi connectivity index (χ0) is 9.84. The lowest BCUT2D eigenvalue weighted by molar-refractivity contribution is -0.134. The van der Waals surface area contributed by atoms with Gasteiger partial charge in [0.2, 0.25) is 0 Å². The molecule has 0 spiro atoms. The minimum Gasteiger partial charge on any atom is -0.480 e. The van der Waals surface area contributed by atoms with Gasteiger partial charge in [-0.25, -0.2) is 0 Å². The molecule has 0 aromatic carbocycles. The van der Waals surface area contributed by atoms with Gasteiger partial charge in [0, 0.05) is 17.1 Å². The third kappa shape index (κ3) is 3.11. The molecule has 0 amide bonds. The second kappa shape index (κ2) is 3.89.